The van der Waals surface area contributed by atoms with Crippen molar-refractivity contribution in [3.63, 3.8) is 0 Å². The first kappa shape index (κ1) is 9.80. The van der Waals surface area contributed by atoms with E-state index in [1.165, 1.54) is 0 Å². The van der Waals surface area contributed by atoms with Crippen LogP contribution in [0.5, 0.6) is 0 Å². The van der Waals surface area contributed by atoms with Gasteiger partial charge in [-0.15, -0.1) is 0 Å². The Kier molecular flexibility index (Phi) is 15.0. The molecule has 0 aliphatic heterocycles. The average Bonchev–Trinajstić information content (AvgIpc) is 1.41. The van der Waals surface area contributed by atoms with E-state index in [2.05, 4.69) is 0 Å². The zero-order valence-electron chi connectivity index (χ0n) is 3.09. The maximum atomic E-state index is 9.14. The van der Waals surface area contributed by atoms with Crippen molar-refractivity contribution in [2.75, 3.05) is 0 Å². The minimum absolute atomic E-state index is 0. The van der Waals surface area contributed by atoms with Gasteiger partial charge in [-0.05, 0) is 11.8 Å². The van der Waals surface area contributed by atoms with E-state index in [-0.39, 0.29) is 27.7 Å². The number of carbonyl (C=O) groups is 2. The number of hydrogen-bond acceptors (Lipinski definition) is 3. The third kappa shape index (κ3) is 8.82. The van der Waals surface area contributed by atoms with E-state index in [9.17, 15) is 0 Å². The molecule has 0 fully saturated rings. The maximum Gasteiger partial charge on any atom is 0.183 e. The topological polar surface area (TPSA) is 34.1 Å². The summed E-state index contributed by atoms with van der Waals surface area (Å²) in [7, 11) is 0. The van der Waals surface area contributed by atoms with Crippen LogP contribution in [0.15, 0.2) is 0 Å². The second-order valence-electron chi connectivity index (χ2n) is 0.329. The maximum absolute atomic E-state index is 9.14. The Labute approximate surface area is 60.2 Å². The second-order valence-corrected chi connectivity index (χ2v) is 0.986. The largest absolute Gasteiger partial charge is 0.290 e. The van der Waals surface area contributed by atoms with E-state index >= 15 is 0 Å². The summed E-state index contributed by atoms with van der Waals surface area (Å²) in [6, 6.07) is 0. The summed E-state index contributed by atoms with van der Waals surface area (Å²) in [4.78, 5) is 18.3. The van der Waals surface area contributed by atoms with Crippen molar-refractivity contribution >= 4 is 23.0 Å². The number of rotatable bonds is 2. The van der Waals surface area contributed by atoms with Crippen LogP contribution in [0.1, 0.15) is 0 Å². The standard InChI is InChI=1S/C2H2O2S.Hg/c3-1-5-2-4;/h1-2H;. The quantitative estimate of drug-likeness (QED) is 0.534. The predicted octanol–water partition coefficient (Wildman–Crippen LogP) is 0.0975. The van der Waals surface area contributed by atoms with Gasteiger partial charge in [0.1, 0.15) is 0 Å². The van der Waals surface area contributed by atoms with E-state index < -0.39 is 0 Å². The normalized spacial score (nSPS) is 5.33. The molecule has 0 aromatic heterocycles. The monoisotopic (exact) mass is 292 g/mol. The summed E-state index contributed by atoms with van der Waals surface area (Å²) in [5.41, 5.74) is 0.958. The van der Waals surface area contributed by atoms with E-state index in [1.54, 1.807) is 0 Å². The van der Waals surface area contributed by atoms with Crippen molar-refractivity contribution in [1.29, 1.82) is 0 Å². The summed E-state index contributed by atoms with van der Waals surface area (Å²) in [6.45, 7) is 0. The Hall–Kier alpha value is 0.625. The SMILES string of the molecule is O=CSC=O.[Hg]. The number of hydrogen-bond donors (Lipinski definition) is 0. The van der Waals surface area contributed by atoms with Crippen molar-refractivity contribution in [1.82, 2.24) is 0 Å². The third-order valence-electron chi connectivity index (χ3n) is 0.111. The Morgan fingerprint density at radius 1 is 1.17 bits per heavy atom. The van der Waals surface area contributed by atoms with Crippen LogP contribution in [0.4, 0.5) is 0 Å². The first-order valence-corrected chi connectivity index (χ1v) is 1.89. The molecule has 0 aliphatic rings. The van der Waals surface area contributed by atoms with Crippen molar-refractivity contribution in [3.8, 4) is 0 Å². The summed E-state index contributed by atoms with van der Waals surface area (Å²) >= 11 is 0.602. The Morgan fingerprint density at radius 2 is 1.50 bits per heavy atom. The summed E-state index contributed by atoms with van der Waals surface area (Å²) in [6.07, 6.45) is 0. The van der Waals surface area contributed by atoms with Crippen LogP contribution < -0.4 is 0 Å². The molecular weight excluding hydrogens is 289 g/mol. The average molecular weight is 291 g/mol. The first-order chi connectivity index (χ1) is 2.41. The third-order valence-corrected chi connectivity index (χ3v) is 0.333. The molecular formula is C2H2HgO2S. The second kappa shape index (κ2) is 9.16. The summed E-state index contributed by atoms with van der Waals surface area (Å²) in [5.74, 6) is 0. The van der Waals surface area contributed by atoms with Gasteiger partial charge in [0.05, 0.1) is 0 Å². The van der Waals surface area contributed by atoms with E-state index in [1.807, 2.05) is 0 Å². The predicted molar refractivity (Wildman–Crippen MR) is 21.1 cm³/mol. The molecule has 0 rings (SSSR count). The Bertz CT molecular complexity index is 40.8. The number of carbonyl (C=O) groups excluding carboxylic acids is 2. The Balaban J connectivity index is 0. The zero-order chi connectivity index (χ0) is 4.12. The van der Waals surface area contributed by atoms with Crippen LogP contribution >= 0.6 is 11.8 Å². The molecule has 0 radical (unpaired) electrons. The van der Waals surface area contributed by atoms with Gasteiger partial charge >= 0.3 is 0 Å². The van der Waals surface area contributed by atoms with E-state index in [0.717, 1.165) is 0 Å². The van der Waals surface area contributed by atoms with Gasteiger partial charge in [-0.3, -0.25) is 9.59 Å². The van der Waals surface area contributed by atoms with Gasteiger partial charge in [-0.1, -0.05) is 0 Å². The van der Waals surface area contributed by atoms with Crippen LogP contribution in [0, 0.1) is 0 Å². The van der Waals surface area contributed by atoms with Gasteiger partial charge in [0.15, 0.2) is 11.2 Å². The van der Waals surface area contributed by atoms with Gasteiger partial charge in [-0.25, -0.2) is 0 Å². The molecule has 2 nitrogen and oxygen atoms in total. The molecule has 0 heterocycles. The molecule has 6 heavy (non-hydrogen) atoms. The van der Waals surface area contributed by atoms with Gasteiger partial charge in [0, 0.05) is 27.7 Å². The van der Waals surface area contributed by atoms with Gasteiger partial charge in [0.25, 0.3) is 0 Å². The smallest absolute Gasteiger partial charge is 0.183 e. The van der Waals surface area contributed by atoms with Crippen LogP contribution in [0.3, 0.4) is 0 Å². The van der Waals surface area contributed by atoms with Crippen LogP contribution in [0.25, 0.3) is 0 Å². The molecule has 0 aromatic carbocycles. The minimum atomic E-state index is 0. The molecule has 0 N–H and O–H groups in total. The Morgan fingerprint density at radius 3 is 1.50 bits per heavy atom. The molecule has 0 saturated heterocycles. The summed E-state index contributed by atoms with van der Waals surface area (Å²) in [5, 5.41) is 0. The van der Waals surface area contributed by atoms with E-state index in [4.69, 9.17) is 9.59 Å². The molecule has 0 atom stereocenters. The fourth-order valence-corrected chi connectivity index (χ4v) is 0.0680. The van der Waals surface area contributed by atoms with Gasteiger partial charge in [0.2, 0.25) is 0 Å². The van der Waals surface area contributed by atoms with Crippen molar-refractivity contribution < 1.29 is 37.3 Å². The zero-order valence-corrected chi connectivity index (χ0v) is 9.40. The first-order valence-electron chi connectivity index (χ1n) is 0.943. The molecule has 4 heteroatoms. The van der Waals surface area contributed by atoms with Gasteiger partial charge in [-0.2, -0.15) is 0 Å². The van der Waals surface area contributed by atoms with Gasteiger partial charge < -0.3 is 0 Å². The molecule has 30 valence electrons. The van der Waals surface area contributed by atoms with Crippen molar-refractivity contribution in [2.45, 2.75) is 0 Å². The van der Waals surface area contributed by atoms with Crippen LogP contribution in [-0.4, -0.2) is 11.2 Å². The van der Waals surface area contributed by atoms with Crippen molar-refractivity contribution in [2.24, 2.45) is 0 Å². The molecule has 0 saturated carbocycles. The fourth-order valence-electron chi connectivity index (χ4n) is 0.0227. The minimum Gasteiger partial charge on any atom is -0.290 e. The molecule has 0 aromatic rings. The van der Waals surface area contributed by atoms with E-state index in [0.29, 0.717) is 23.0 Å². The molecule has 0 bridgehead atoms. The molecule has 0 spiro atoms. The van der Waals surface area contributed by atoms with Crippen LogP contribution in [-0.2, 0) is 37.3 Å². The molecule has 0 aliphatic carbocycles. The number of thioether (sulfide) groups is 1. The van der Waals surface area contributed by atoms with Crippen molar-refractivity contribution in [3.05, 3.63) is 0 Å². The van der Waals surface area contributed by atoms with Crippen LogP contribution in [0.2, 0.25) is 0 Å². The molecule has 0 amide bonds. The fraction of sp³-hybridized carbons (Fsp3) is 0. The molecule has 0 unspecified atom stereocenters. The summed E-state index contributed by atoms with van der Waals surface area (Å²) < 4.78 is 0.